The normalized spacial score (nSPS) is 16.2. The minimum Gasteiger partial charge on any atom is -0.745 e. The summed E-state index contributed by atoms with van der Waals surface area (Å²) in [5.41, 5.74) is 0.840. The van der Waals surface area contributed by atoms with E-state index in [1.54, 1.807) is 18.2 Å². The Morgan fingerprint density at radius 1 is 0.674 bits per heavy atom. The molecule has 0 spiro atoms. The molecule has 1 atom stereocenters. The second-order valence-corrected chi connectivity index (χ2v) is 14.2. The number of hydrogen-bond acceptors (Lipinski definition) is 8. The molecule has 1 N–H and O–H groups in total. The summed E-state index contributed by atoms with van der Waals surface area (Å²) in [5, 5.41) is 2.73. The second kappa shape index (κ2) is 20.2. The summed E-state index contributed by atoms with van der Waals surface area (Å²) in [6.45, 7) is 2.30. The van der Waals surface area contributed by atoms with Crippen LogP contribution < -0.4 is 69.3 Å². The van der Waals surface area contributed by atoms with Crippen molar-refractivity contribution in [3.05, 3.63) is 54.1 Å². The average molecular weight is 653 g/mol. The molecule has 1 heterocycles. The van der Waals surface area contributed by atoms with Gasteiger partial charge in [0.25, 0.3) is 0 Å². The monoisotopic (exact) mass is 652 g/mol. The SMILES string of the molecule is CCCCCCCCCCCCCCCCCC1(S(=O)(=O)[O-])Nc2c(cccc2S(=O)(=O)[O-])N1Cc1ccccc1.[Na+].[Na+]. The Hall–Kier alpha value is -0.140. The number of para-hydroxylation sites is 1. The van der Waals surface area contributed by atoms with Crippen molar-refractivity contribution >= 4 is 31.6 Å². The summed E-state index contributed by atoms with van der Waals surface area (Å²) in [7, 11) is -9.92. The van der Waals surface area contributed by atoms with Gasteiger partial charge in [-0.25, -0.2) is 16.8 Å². The standard InChI is InChI=1S/C31H48N2O6S2.2Na/c1-2-3-4-5-6-7-8-9-10-11-12-13-14-15-19-25-31(41(37,38)39)32-30-28(23-20-24-29(30)40(34,35)36)33(31)26-27-21-17-16-18-22-27;;/h16-18,20-24,32H,2-15,19,25-26H2,1H3,(H,34,35,36)(H,37,38,39);;/q;2*+1/p-2. The first-order valence-electron chi connectivity index (χ1n) is 15.2. The van der Waals surface area contributed by atoms with E-state index in [1.165, 1.54) is 75.2 Å². The minimum absolute atomic E-state index is 0. The van der Waals surface area contributed by atoms with E-state index < -0.39 is 30.1 Å². The summed E-state index contributed by atoms with van der Waals surface area (Å²) in [6.07, 6.45) is 17.3. The molecule has 8 nitrogen and oxygen atoms in total. The fraction of sp³-hybridized carbons (Fsp3) is 0.613. The van der Waals surface area contributed by atoms with Gasteiger partial charge in [0.05, 0.1) is 16.3 Å². The van der Waals surface area contributed by atoms with Crippen LogP contribution in [0, 0.1) is 0 Å². The van der Waals surface area contributed by atoms with Crippen molar-refractivity contribution in [3.63, 3.8) is 0 Å². The van der Waals surface area contributed by atoms with Crippen LogP contribution in [0.4, 0.5) is 11.4 Å². The molecule has 2 aromatic rings. The topological polar surface area (TPSA) is 130 Å². The molecule has 230 valence electrons. The Morgan fingerprint density at radius 2 is 1.16 bits per heavy atom. The molecule has 12 heteroatoms. The molecule has 0 radical (unpaired) electrons. The maximum absolute atomic E-state index is 12.9. The van der Waals surface area contributed by atoms with Crippen LogP contribution in [0.2, 0.25) is 0 Å². The largest absolute Gasteiger partial charge is 1.00 e. The third-order valence-corrected chi connectivity index (χ3v) is 10.3. The van der Waals surface area contributed by atoms with E-state index >= 15 is 0 Å². The molecule has 1 unspecified atom stereocenters. The first-order valence-corrected chi connectivity index (χ1v) is 18.1. The van der Waals surface area contributed by atoms with Crippen LogP contribution >= 0.6 is 0 Å². The molecule has 0 aromatic heterocycles. The number of hydrogen-bond donors (Lipinski definition) is 1. The Morgan fingerprint density at radius 3 is 1.63 bits per heavy atom. The van der Waals surface area contributed by atoms with Crippen molar-refractivity contribution in [2.45, 2.75) is 126 Å². The number of rotatable bonds is 20. The van der Waals surface area contributed by atoms with Crippen molar-refractivity contribution in [3.8, 4) is 0 Å². The van der Waals surface area contributed by atoms with E-state index in [0.717, 1.165) is 37.3 Å². The van der Waals surface area contributed by atoms with Crippen molar-refractivity contribution in [2.24, 2.45) is 0 Å². The van der Waals surface area contributed by atoms with Crippen LogP contribution in [-0.4, -0.2) is 30.9 Å². The third-order valence-electron chi connectivity index (χ3n) is 8.04. The van der Waals surface area contributed by atoms with E-state index in [9.17, 15) is 25.9 Å². The molecule has 3 rings (SSSR count). The fourth-order valence-electron chi connectivity index (χ4n) is 5.77. The Kier molecular flexibility index (Phi) is 19.2. The molecular weight excluding hydrogens is 606 g/mol. The predicted molar refractivity (Wildman–Crippen MR) is 163 cm³/mol. The number of anilines is 2. The smallest absolute Gasteiger partial charge is 0.745 e. The molecule has 0 saturated carbocycles. The first-order chi connectivity index (χ1) is 19.6. The van der Waals surface area contributed by atoms with Gasteiger partial charge in [0.15, 0.2) is 0 Å². The van der Waals surface area contributed by atoms with Gasteiger partial charge in [-0.05, 0) is 24.1 Å². The maximum Gasteiger partial charge on any atom is 1.00 e. The van der Waals surface area contributed by atoms with Crippen molar-refractivity contribution in [2.75, 3.05) is 10.2 Å². The molecular formula is C31H46N2Na2O6S2. The Bertz CT molecular complexity index is 1300. The molecule has 1 aliphatic rings. The van der Waals surface area contributed by atoms with Crippen molar-refractivity contribution in [1.29, 1.82) is 0 Å². The summed E-state index contributed by atoms with van der Waals surface area (Å²) >= 11 is 0. The summed E-state index contributed by atoms with van der Waals surface area (Å²) in [5.74, 6) is 0. The summed E-state index contributed by atoms with van der Waals surface area (Å²) in [4.78, 5) is -1.24. The molecule has 2 aromatic carbocycles. The zero-order valence-corrected chi connectivity index (χ0v) is 32.0. The van der Waals surface area contributed by atoms with Crippen LogP contribution in [-0.2, 0) is 26.8 Å². The predicted octanol–water partition coefficient (Wildman–Crippen LogP) is 1.49. The Labute approximate surface area is 304 Å². The molecule has 1 aliphatic heterocycles. The van der Waals surface area contributed by atoms with E-state index in [-0.39, 0.29) is 83.5 Å². The fourth-order valence-corrected chi connectivity index (χ4v) is 7.48. The third kappa shape index (κ3) is 12.2. The number of fused-ring (bicyclic) bond motifs is 1. The van der Waals surface area contributed by atoms with Gasteiger partial charge in [-0.2, -0.15) is 0 Å². The quantitative estimate of drug-likeness (QED) is 0.130. The molecule has 0 amide bonds. The van der Waals surface area contributed by atoms with Gasteiger partial charge in [0.2, 0.25) is 4.99 Å². The molecule has 0 fully saturated rings. The minimum atomic E-state index is -5.01. The van der Waals surface area contributed by atoms with Crippen LogP contribution in [0.3, 0.4) is 0 Å². The van der Waals surface area contributed by atoms with Crippen molar-refractivity contribution < 1.29 is 85.1 Å². The average Bonchev–Trinajstić information content (AvgIpc) is 3.25. The van der Waals surface area contributed by atoms with E-state index in [2.05, 4.69) is 12.2 Å². The van der Waals surface area contributed by atoms with Crippen molar-refractivity contribution in [1.82, 2.24) is 0 Å². The van der Waals surface area contributed by atoms with Crippen LogP contribution in [0.15, 0.2) is 53.4 Å². The molecule has 0 bridgehead atoms. The molecule has 0 saturated heterocycles. The van der Waals surface area contributed by atoms with Crippen LogP contribution in [0.25, 0.3) is 0 Å². The van der Waals surface area contributed by atoms with E-state index in [0.29, 0.717) is 6.42 Å². The Balaban J connectivity index is 0.00000462. The van der Waals surface area contributed by atoms with E-state index in [4.69, 9.17) is 0 Å². The van der Waals surface area contributed by atoms with E-state index in [1.807, 2.05) is 18.2 Å². The number of benzene rings is 2. The van der Waals surface area contributed by atoms with Gasteiger partial charge >= 0.3 is 59.1 Å². The van der Waals surface area contributed by atoms with Gasteiger partial charge in [0, 0.05) is 13.0 Å². The molecule has 0 aliphatic carbocycles. The zero-order chi connectivity index (χ0) is 29.8. The van der Waals surface area contributed by atoms with Crippen LogP contribution in [0.5, 0.6) is 0 Å². The van der Waals surface area contributed by atoms with Crippen LogP contribution in [0.1, 0.15) is 115 Å². The summed E-state index contributed by atoms with van der Waals surface area (Å²) in [6, 6.07) is 13.1. The zero-order valence-electron chi connectivity index (χ0n) is 26.4. The summed E-state index contributed by atoms with van der Waals surface area (Å²) < 4.78 is 74.6. The van der Waals surface area contributed by atoms with Gasteiger partial charge in [-0.3, -0.25) is 0 Å². The number of unbranched alkanes of at least 4 members (excludes halogenated alkanes) is 14. The number of nitrogens with one attached hydrogen (secondary N) is 1. The van der Waals surface area contributed by atoms with Gasteiger partial charge in [0.1, 0.15) is 20.2 Å². The number of nitrogens with zero attached hydrogens (tertiary/aromatic N) is 1. The van der Waals surface area contributed by atoms with Gasteiger partial charge in [-0.1, -0.05) is 133 Å². The first kappa shape index (κ1) is 40.9. The maximum atomic E-state index is 12.9. The second-order valence-electron chi connectivity index (χ2n) is 11.2. The van der Waals surface area contributed by atoms with Gasteiger partial charge in [-0.15, -0.1) is 0 Å². The van der Waals surface area contributed by atoms with Gasteiger partial charge < -0.3 is 19.3 Å². The molecule has 43 heavy (non-hydrogen) atoms.